The summed E-state index contributed by atoms with van der Waals surface area (Å²) in [5.41, 5.74) is 13.0. The maximum Gasteiger partial charge on any atom is 0.0165 e. The van der Waals surface area contributed by atoms with Crippen LogP contribution in [0.2, 0.25) is 0 Å². The molecule has 1 aliphatic rings. The molecule has 10 aromatic rings. The first kappa shape index (κ1) is 30.2. The van der Waals surface area contributed by atoms with Gasteiger partial charge >= 0.3 is 0 Å². The Hall–Kier alpha value is -6.50. The Morgan fingerprint density at radius 2 is 0.774 bits per heavy atom. The molecule has 1 aliphatic carbocycles. The molecule has 0 N–H and O–H groups in total. The zero-order chi connectivity index (χ0) is 35.3. The molecule has 0 saturated carbocycles. The minimum absolute atomic E-state index is 0.145. The van der Waals surface area contributed by atoms with Crippen molar-refractivity contribution in [2.24, 2.45) is 0 Å². The summed E-state index contributed by atoms with van der Waals surface area (Å²) in [6.07, 6.45) is 0. The minimum atomic E-state index is -0.145. The lowest BCUT2D eigenvalue weighted by atomic mass is 9.79. The highest BCUT2D eigenvalue weighted by molar-refractivity contribution is 6.22. The molecule has 0 unspecified atom stereocenters. The Morgan fingerprint density at radius 3 is 1.40 bits per heavy atom. The SMILES string of the molecule is CC1(C)c2cc3cc(-c4c5ccccc5c(-c5cccc(-c6ccccc6)c5)c5ccccc45)ccc3cc2-c2c1c1ccccc1c1ccccc21. The van der Waals surface area contributed by atoms with Gasteiger partial charge in [0, 0.05) is 5.41 Å². The zero-order valence-corrected chi connectivity index (χ0v) is 29.8. The van der Waals surface area contributed by atoms with Crippen LogP contribution in [0.1, 0.15) is 25.0 Å². The smallest absolute Gasteiger partial charge is 0.0165 e. The Labute approximate surface area is 309 Å². The first-order chi connectivity index (χ1) is 26.1. The normalized spacial score (nSPS) is 13.2. The van der Waals surface area contributed by atoms with Crippen molar-refractivity contribution in [3.8, 4) is 44.5 Å². The summed E-state index contributed by atoms with van der Waals surface area (Å²) in [7, 11) is 0. The van der Waals surface area contributed by atoms with Crippen LogP contribution in [0.25, 0.3) is 98.4 Å². The van der Waals surface area contributed by atoms with Crippen LogP contribution in [0.5, 0.6) is 0 Å². The third kappa shape index (κ3) is 4.36. The van der Waals surface area contributed by atoms with Gasteiger partial charge in [-0.15, -0.1) is 0 Å². The molecule has 53 heavy (non-hydrogen) atoms. The maximum atomic E-state index is 2.49. The van der Waals surface area contributed by atoms with E-state index >= 15 is 0 Å². The third-order valence-corrected chi connectivity index (χ3v) is 12.0. The monoisotopic (exact) mass is 672 g/mol. The third-order valence-electron chi connectivity index (χ3n) is 12.0. The van der Waals surface area contributed by atoms with Gasteiger partial charge in [-0.1, -0.05) is 172 Å². The average Bonchev–Trinajstić information content (AvgIpc) is 3.45. The second-order valence-electron chi connectivity index (χ2n) is 15.2. The number of hydrogen-bond donors (Lipinski definition) is 0. The summed E-state index contributed by atoms with van der Waals surface area (Å²) >= 11 is 0. The van der Waals surface area contributed by atoms with Crippen molar-refractivity contribution >= 4 is 53.9 Å². The van der Waals surface area contributed by atoms with Crippen LogP contribution in [-0.4, -0.2) is 0 Å². The summed E-state index contributed by atoms with van der Waals surface area (Å²) in [4.78, 5) is 0. The van der Waals surface area contributed by atoms with E-state index in [1.165, 1.54) is 109 Å². The fourth-order valence-corrected chi connectivity index (χ4v) is 9.62. The summed E-state index contributed by atoms with van der Waals surface area (Å²) in [6, 6.07) is 67.7. The topological polar surface area (TPSA) is 0 Å². The molecule has 0 aromatic heterocycles. The van der Waals surface area contributed by atoms with Gasteiger partial charge in [0.1, 0.15) is 0 Å². The molecular weight excluding hydrogens is 637 g/mol. The molecule has 0 amide bonds. The van der Waals surface area contributed by atoms with Crippen molar-refractivity contribution in [3.05, 3.63) is 193 Å². The Bertz CT molecular complexity index is 3070. The molecule has 10 aromatic carbocycles. The number of hydrogen-bond acceptors (Lipinski definition) is 0. The molecule has 0 aliphatic heterocycles. The molecule has 0 saturated heterocycles. The van der Waals surface area contributed by atoms with Crippen molar-refractivity contribution in [1.29, 1.82) is 0 Å². The van der Waals surface area contributed by atoms with E-state index in [2.05, 4.69) is 196 Å². The quantitative estimate of drug-likeness (QED) is 0.129. The fourth-order valence-electron chi connectivity index (χ4n) is 9.62. The summed E-state index contributed by atoms with van der Waals surface area (Å²) in [5, 5.41) is 13.0. The van der Waals surface area contributed by atoms with Crippen LogP contribution >= 0.6 is 0 Å². The first-order valence-corrected chi connectivity index (χ1v) is 18.7. The lowest BCUT2D eigenvalue weighted by Crippen LogP contribution is -2.15. The van der Waals surface area contributed by atoms with E-state index in [-0.39, 0.29) is 5.41 Å². The van der Waals surface area contributed by atoms with Gasteiger partial charge in [0.15, 0.2) is 0 Å². The van der Waals surface area contributed by atoms with Crippen molar-refractivity contribution in [2.45, 2.75) is 19.3 Å². The summed E-state index contributed by atoms with van der Waals surface area (Å²) in [5.74, 6) is 0. The van der Waals surface area contributed by atoms with Crippen LogP contribution in [0.15, 0.2) is 182 Å². The Kier molecular flexibility index (Phi) is 6.40. The van der Waals surface area contributed by atoms with E-state index in [4.69, 9.17) is 0 Å². The van der Waals surface area contributed by atoms with Gasteiger partial charge in [0.05, 0.1) is 0 Å². The first-order valence-electron chi connectivity index (χ1n) is 18.7. The maximum absolute atomic E-state index is 2.49. The van der Waals surface area contributed by atoms with Gasteiger partial charge in [-0.2, -0.15) is 0 Å². The van der Waals surface area contributed by atoms with Crippen LogP contribution in [0.3, 0.4) is 0 Å². The van der Waals surface area contributed by atoms with E-state index in [1.807, 2.05) is 0 Å². The van der Waals surface area contributed by atoms with Gasteiger partial charge in [-0.25, -0.2) is 0 Å². The predicted molar refractivity (Wildman–Crippen MR) is 228 cm³/mol. The minimum Gasteiger partial charge on any atom is -0.0622 e. The highest BCUT2D eigenvalue weighted by atomic mass is 14.4. The van der Waals surface area contributed by atoms with E-state index in [0.717, 1.165) is 0 Å². The van der Waals surface area contributed by atoms with Crippen molar-refractivity contribution in [3.63, 3.8) is 0 Å². The van der Waals surface area contributed by atoms with Crippen molar-refractivity contribution < 1.29 is 0 Å². The average molecular weight is 673 g/mol. The van der Waals surface area contributed by atoms with Crippen LogP contribution in [0.4, 0.5) is 0 Å². The largest absolute Gasteiger partial charge is 0.0622 e. The zero-order valence-electron chi connectivity index (χ0n) is 29.8. The van der Waals surface area contributed by atoms with Crippen LogP contribution in [-0.2, 0) is 5.41 Å². The molecular formula is C53H36. The second-order valence-corrected chi connectivity index (χ2v) is 15.2. The number of fused-ring (bicyclic) bond motifs is 11. The molecule has 0 radical (unpaired) electrons. The van der Waals surface area contributed by atoms with E-state index < -0.39 is 0 Å². The fraction of sp³-hybridized carbons (Fsp3) is 0.0566. The molecule has 0 nitrogen and oxygen atoms in total. The molecule has 248 valence electrons. The van der Waals surface area contributed by atoms with Crippen LogP contribution < -0.4 is 0 Å². The molecule has 0 spiro atoms. The second kappa shape index (κ2) is 11.2. The van der Waals surface area contributed by atoms with Gasteiger partial charge in [0.2, 0.25) is 0 Å². The van der Waals surface area contributed by atoms with E-state index in [1.54, 1.807) is 0 Å². The van der Waals surface area contributed by atoms with Gasteiger partial charge in [0.25, 0.3) is 0 Å². The lowest BCUT2D eigenvalue weighted by Gasteiger charge is -2.24. The van der Waals surface area contributed by atoms with Crippen LogP contribution in [0, 0.1) is 0 Å². The molecule has 0 bridgehead atoms. The van der Waals surface area contributed by atoms with E-state index in [9.17, 15) is 0 Å². The summed E-state index contributed by atoms with van der Waals surface area (Å²) in [6.45, 7) is 4.84. The predicted octanol–water partition coefficient (Wildman–Crippen LogP) is 14.8. The number of rotatable bonds is 3. The molecule has 0 heteroatoms. The highest BCUT2D eigenvalue weighted by Gasteiger charge is 2.38. The van der Waals surface area contributed by atoms with Gasteiger partial charge in [-0.05, 0) is 134 Å². The standard InChI is InChI=1S/C53H36/c1-53(2)48-32-38-30-37(28-27-35(38)31-47(48)51-41-21-8-6-19-39(41)40-20-7-13-26-46(40)52(51)53)50-44-24-11-9-22-42(44)49(43-23-10-12-25-45(43)50)36-18-14-17-34(29-36)33-15-4-3-5-16-33/h3-32H,1-2H3. The Morgan fingerprint density at radius 1 is 0.302 bits per heavy atom. The Balaban J connectivity index is 1.14. The van der Waals surface area contributed by atoms with Crippen molar-refractivity contribution in [2.75, 3.05) is 0 Å². The molecule has 0 heterocycles. The highest BCUT2D eigenvalue weighted by Crippen LogP contribution is 2.55. The van der Waals surface area contributed by atoms with Gasteiger partial charge in [-0.3, -0.25) is 0 Å². The van der Waals surface area contributed by atoms with E-state index in [0.29, 0.717) is 0 Å². The molecule has 11 rings (SSSR count). The summed E-state index contributed by atoms with van der Waals surface area (Å²) < 4.78 is 0. The van der Waals surface area contributed by atoms with Crippen molar-refractivity contribution in [1.82, 2.24) is 0 Å². The molecule has 0 atom stereocenters. The number of benzene rings is 10. The lowest BCUT2D eigenvalue weighted by molar-refractivity contribution is 0.667. The molecule has 0 fully saturated rings. The van der Waals surface area contributed by atoms with Gasteiger partial charge < -0.3 is 0 Å².